The second-order valence-electron chi connectivity index (χ2n) is 4.61. The Labute approximate surface area is 142 Å². The van der Waals surface area contributed by atoms with E-state index in [4.69, 9.17) is 10.5 Å². The molecule has 0 aliphatic heterocycles. The van der Waals surface area contributed by atoms with Gasteiger partial charge in [-0.2, -0.15) is 5.10 Å². The van der Waals surface area contributed by atoms with Gasteiger partial charge in [0.1, 0.15) is 5.75 Å². The molecule has 0 spiro atoms. The topological polar surface area (TPSA) is 76.7 Å². The average Bonchev–Trinajstić information content (AvgIpc) is 2.52. The summed E-state index contributed by atoms with van der Waals surface area (Å²) in [5, 5.41) is 4.12. The Bertz CT molecular complexity index is 712. The number of hydrogen-bond donors (Lipinski definition) is 2. The van der Waals surface area contributed by atoms with E-state index in [2.05, 4.69) is 33.1 Å². The van der Waals surface area contributed by atoms with Gasteiger partial charge in [0, 0.05) is 11.3 Å². The minimum absolute atomic E-state index is 0.268. The van der Waals surface area contributed by atoms with E-state index in [-0.39, 0.29) is 5.91 Å². The molecule has 5 nitrogen and oxygen atoms in total. The molecule has 3 N–H and O–H groups in total. The fraction of sp³-hybridized carbons (Fsp3) is 0.125. The first-order chi connectivity index (χ1) is 10.5. The molecule has 0 bridgehead atoms. The fourth-order valence-corrected chi connectivity index (χ4v) is 2.53. The summed E-state index contributed by atoms with van der Waals surface area (Å²) in [6, 6.07) is 12.5. The van der Waals surface area contributed by atoms with Crippen molar-refractivity contribution in [2.45, 2.75) is 6.92 Å². The van der Waals surface area contributed by atoms with Gasteiger partial charge in [-0.1, -0.05) is 12.1 Å². The predicted molar refractivity (Wildman–Crippen MR) is 96.2 cm³/mol. The molecule has 0 aliphatic carbocycles. The largest absolute Gasteiger partial charge is 0.496 e. The van der Waals surface area contributed by atoms with Crippen molar-refractivity contribution in [2.75, 3.05) is 12.8 Å². The minimum Gasteiger partial charge on any atom is -0.496 e. The first-order valence-corrected chi connectivity index (χ1v) is 7.63. The van der Waals surface area contributed by atoms with Gasteiger partial charge in [-0.25, -0.2) is 5.43 Å². The van der Waals surface area contributed by atoms with Gasteiger partial charge in [-0.3, -0.25) is 4.79 Å². The van der Waals surface area contributed by atoms with Crippen molar-refractivity contribution in [1.82, 2.24) is 5.43 Å². The summed E-state index contributed by atoms with van der Waals surface area (Å²) in [5.74, 6) is 0.467. The Hall–Kier alpha value is -2.09. The quantitative estimate of drug-likeness (QED) is 0.353. The van der Waals surface area contributed by atoms with E-state index < -0.39 is 0 Å². The summed E-state index contributed by atoms with van der Waals surface area (Å²) in [6.07, 6.45) is 0. The minimum atomic E-state index is -0.268. The van der Waals surface area contributed by atoms with Crippen LogP contribution >= 0.6 is 22.6 Å². The molecule has 0 fully saturated rings. The SMILES string of the molecule is COc1ccc(C(=O)N/N=C(\C)c2ccc(N)cc2)cc1I. The third kappa shape index (κ3) is 3.97. The summed E-state index contributed by atoms with van der Waals surface area (Å²) in [5.41, 5.74) is 11.0. The molecule has 0 saturated heterocycles. The highest BCUT2D eigenvalue weighted by atomic mass is 127. The van der Waals surface area contributed by atoms with Crippen LogP contribution < -0.4 is 15.9 Å². The van der Waals surface area contributed by atoms with Crippen LogP contribution in [0.5, 0.6) is 5.75 Å². The van der Waals surface area contributed by atoms with Gasteiger partial charge in [0.05, 0.1) is 16.4 Å². The number of amides is 1. The molecule has 2 rings (SSSR count). The van der Waals surface area contributed by atoms with Gasteiger partial charge < -0.3 is 10.5 Å². The molecule has 0 atom stereocenters. The van der Waals surface area contributed by atoms with E-state index >= 15 is 0 Å². The average molecular weight is 409 g/mol. The fourth-order valence-electron chi connectivity index (χ4n) is 1.80. The zero-order chi connectivity index (χ0) is 16.1. The highest BCUT2D eigenvalue weighted by molar-refractivity contribution is 14.1. The predicted octanol–water partition coefficient (Wildman–Crippen LogP) is 3.04. The lowest BCUT2D eigenvalue weighted by molar-refractivity contribution is 0.0954. The monoisotopic (exact) mass is 409 g/mol. The number of rotatable bonds is 4. The zero-order valence-corrected chi connectivity index (χ0v) is 14.4. The van der Waals surface area contributed by atoms with E-state index in [0.717, 1.165) is 14.9 Å². The first kappa shape index (κ1) is 16.3. The van der Waals surface area contributed by atoms with E-state index in [1.807, 2.05) is 19.1 Å². The number of nitrogens with two attached hydrogens (primary N) is 1. The lowest BCUT2D eigenvalue weighted by Crippen LogP contribution is -2.19. The zero-order valence-electron chi connectivity index (χ0n) is 12.3. The summed E-state index contributed by atoms with van der Waals surface area (Å²) in [6.45, 7) is 1.82. The normalized spacial score (nSPS) is 11.1. The number of anilines is 1. The van der Waals surface area contributed by atoms with Crippen LogP contribution in [-0.4, -0.2) is 18.7 Å². The number of hydrogen-bond acceptors (Lipinski definition) is 4. The highest BCUT2D eigenvalue weighted by Gasteiger charge is 2.08. The maximum atomic E-state index is 12.1. The maximum Gasteiger partial charge on any atom is 0.271 e. The number of nitrogens with one attached hydrogen (secondary N) is 1. The van der Waals surface area contributed by atoms with E-state index in [0.29, 0.717) is 17.0 Å². The van der Waals surface area contributed by atoms with Crippen molar-refractivity contribution >= 4 is 39.9 Å². The number of methoxy groups -OCH3 is 1. The van der Waals surface area contributed by atoms with Gasteiger partial charge in [-0.15, -0.1) is 0 Å². The van der Waals surface area contributed by atoms with Gasteiger partial charge >= 0.3 is 0 Å². The molecular weight excluding hydrogens is 393 g/mol. The number of carbonyl (C=O) groups excluding carboxylic acids is 1. The summed E-state index contributed by atoms with van der Waals surface area (Å²) >= 11 is 2.12. The van der Waals surface area contributed by atoms with Gasteiger partial charge in [0.2, 0.25) is 0 Å². The third-order valence-corrected chi connectivity index (χ3v) is 3.91. The molecule has 0 aliphatic rings. The summed E-state index contributed by atoms with van der Waals surface area (Å²) in [7, 11) is 1.59. The Morgan fingerprint density at radius 1 is 1.18 bits per heavy atom. The van der Waals surface area contributed by atoms with Crippen molar-refractivity contribution < 1.29 is 9.53 Å². The van der Waals surface area contributed by atoms with Gasteiger partial charge in [-0.05, 0) is 65.4 Å². The Kier molecular flexibility index (Phi) is 5.37. The summed E-state index contributed by atoms with van der Waals surface area (Å²) < 4.78 is 6.04. The molecule has 6 heteroatoms. The highest BCUT2D eigenvalue weighted by Crippen LogP contribution is 2.21. The molecule has 0 radical (unpaired) electrons. The number of nitrogens with zero attached hydrogens (tertiary/aromatic N) is 1. The molecule has 2 aromatic rings. The number of carbonyl (C=O) groups is 1. The molecule has 114 valence electrons. The van der Waals surface area contributed by atoms with Crippen molar-refractivity contribution in [2.24, 2.45) is 5.10 Å². The van der Waals surface area contributed by atoms with Crippen molar-refractivity contribution in [3.05, 3.63) is 57.2 Å². The lowest BCUT2D eigenvalue weighted by Gasteiger charge is -2.06. The molecule has 1 amide bonds. The van der Waals surface area contributed by atoms with Crippen molar-refractivity contribution in [3.63, 3.8) is 0 Å². The smallest absolute Gasteiger partial charge is 0.271 e. The third-order valence-electron chi connectivity index (χ3n) is 3.07. The Morgan fingerprint density at radius 2 is 1.82 bits per heavy atom. The lowest BCUT2D eigenvalue weighted by atomic mass is 10.1. The van der Waals surface area contributed by atoms with Crippen LogP contribution in [0.2, 0.25) is 0 Å². The van der Waals surface area contributed by atoms with Crippen LogP contribution in [0.3, 0.4) is 0 Å². The molecule has 0 unspecified atom stereocenters. The number of hydrazone groups is 1. The first-order valence-electron chi connectivity index (χ1n) is 6.55. The van der Waals surface area contributed by atoms with Crippen molar-refractivity contribution in [1.29, 1.82) is 0 Å². The summed E-state index contributed by atoms with van der Waals surface area (Å²) in [4.78, 5) is 12.1. The van der Waals surface area contributed by atoms with Crippen LogP contribution in [0.25, 0.3) is 0 Å². The van der Waals surface area contributed by atoms with Gasteiger partial charge in [0.15, 0.2) is 0 Å². The Morgan fingerprint density at radius 3 is 2.41 bits per heavy atom. The van der Waals surface area contributed by atoms with E-state index in [1.165, 1.54) is 0 Å². The van der Waals surface area contributed by atoms with Crippen LogP contribution in [0.4, 0.5) is 5.69 Å². The Balaban J connectivity index is 2.10. The standard InChI is InChI=1S/C16H16IN3O2/c1-10(11-3-6-13(18)7-4-11)19-20-16(21)12-5-8-15(22-2)14(17)9-12/h3-9H,18H2,1-2H3,(H,20,21)/b19-10+. The van der Waals surface area contributed by atoms with Crippen LogP contribution in [0.15, 0.2) is 47.6 Å². The van der Waals surface area contributed by atoms with Crippen LogP contribution in [0.1, 0.15) is 22.8 Å². The molecule has 22 heavy (non-hydrogen) atoms. The van der Waals surface area contributed by atoms with Crippen LogP contribution in [-0.2, 0) is 0 Å². The number of halogens is 1. The number of benzene rings is 2. The second kappa shape index (κ2) is 7.26. The number of nitrogen functional groups attached to an aromatic ring is 1. The molecule has 0 aromatic heterocycles. The second-order valence-corrected chi connectivity index (χ2v) is 5.77. The molecular formula is C16H16IN3O2. The number of ether oxygens (including phenoxy) is 1. The van der Waals surface area contributed by atoms with Crippen molar-refractivity contribution in [3.8, 4) is 5.75 Å². The molecule has 0 heterocycles. The van der Waals surface area contributed by atoms with Crippen LogP contribution in [0, 0.1) is 3.57 Å². The van der Waals surface area contributed by atoms with E-state index in [9.17, 15) is 4.79 Å². The molecule has 0 saturated carbocycles. The maximum absolute atomic E-state index is 12.1. The van der Waals surface area contributed by atoms with Gasteiger partial charge in [0.25, 0.3) is 5.91 Å². The van der Waals surface area contributed by atoms with E-state index in [1.54, 1.807) is 37.4 Å². The molecule has 2 aromatic carbocycles.